The fourth-order valence-electron chi connectivity index (χ4n) is 2.49. The number of hydrogen-bond donors (Lipinski definition) is 1. The van der Waals surface area contributed by atoms with Crippen LogP contribution in [0.1, 0.15) is 36.5 Å². The van der Waals surface area contributed by atoms with E-state index >= 15 is 0 Å². The van der Waals surface area contributed by atoms with Crippen molar-refractivity contribution >= 4 is 21.7 Å². The fourth-order valence-corrected chi connectivity index (χ4v) is 3.77. The summed E-state index contributed by atoms with van der Waals surface area (Å²) in [6.45, 7) is 7.51. The number of rotatable bonds is 7. The Balaban J connectivity index is 3.22. The molecule has 0 saturated carbocycles. The average Bonchev–Trinajstić information content (AvgIpc) is 2.35. The molecule has 0 radical (unpaired) electrons. The van der Waals surface area contributed by atoms with Gasteiger partial charge in [0.25, 0.3) is 0 Å². The molecule has 118 valence electrons. The van der Waals surface area contributed by atoms with E-state index in [1.807, 2.05) is 32.9 Å². The lowest BCUT2D eigenvalue weighted by atomic mass is 10.0. The number of aryl methyl sites for hydroxylation is 3. The van der Waals surface area contributed by atoms with Crippen LogP contribution < -0.4 is 4.31 Å². The van der Waals surface area contributed by atoms with Crippen molar-refractivity contribution in [3.05, 3.63) is 28.8 Å². The highest BCUT2D eigenvalue weighted by Gasteiger charge is 2.23. The minimum atomic E-state index is -3.43. The number of carboxylic acid groups (broad SMARTS) is 1. The summed E-state index contributed by atoms with van der Waals surface area (Å²) >= 11 is 0. The minimum Gasteiger partial charge on any atom is -0.481 e. The van der Waals surface area contributed by atoms with Crippen LogP contribution in [-0.4, -0.2) is 31.8 Å². The van der Waals surface area contributed by atoms with Gasteiger partial charge in [-0.2, -0.15) is 0 Å². The predicted molar refractivity (Wildman–Crippen MR) is 84.3 cm³/mol. The van der Waals surface area contributed by atoms with Gasteiger partial charge in [-0.15, -0.1) is 0 Å². The molecule has 0 heterocycles. The number of benzene rings is 1. The Morgan fingerprint density at radius 3 is 2.14 bits per heavy atom. The van der Waals surface area contributed by atoms with Crippen molar-refractivity contribution in [1.82, 2.24) is 0 Å². The lowest BCUT2D eigenvalue weighted by Gasteiger charge is -2.27. The number of aliphatic carboxylic acids is 1. The number of carboxylic acids is 1. The molecule has 1 N–H and O–H groups in total. The molecule has 0 aromatic heterocycles. The molecule has 0 atom stereocenters. The van der Waals surface area contributed by atoms with E-state index in [0.29, 0.717) is 12.1 Å². The van der Waals surface area contributed by atoms with Crippen molar-refractivity contribution in [1.29, 1.82) is 0 Å². The van der Waals surface area contributed by atoms with Crippen molar-refractivity contribution in [3.63, 3.8) is 0 Å². The van der Waals surface area contributed by atoms with Gasteiger partial charge in [0.05, 0.1) is 11.4 Å². The first kappa shape index (κ1) is 17.5. The maximum Gasteiger partial charge on any atom is 0.303 e. The lowest BCUT2D eigenvalue weighted by Crippen LogP contribution is -2.34. The highest BCUT2D eigenvalue weighted by Crippen LogP contribution is 2.29. The molecule has 21 heavy (non-hydrogen) atoms. The number of nitrogens with zero attached hydrogens (tertiary/aromatic N) is 1. The molecule has 0 aliphatic heterocycles. The summed E-state index contributed by atoms with van der Waals surface area (Å²) in [4.78, 5) is 10.6. The minimum absolute atomic E-state index is 0.00712. The van der Waals surface area contributed by atoms with E-state index in [1.165, 1.54) is 4.31 Å². The zero-order valence-electron chi connectivity index (χ0n) is 13.0. The van der Waals surface area contributed by atoms with E-state index in [9.17, 15) is 13.2 Å². The average molecular weight is 313 g/mol. The molecule has 1 rings (SSSR count). The largest absolute Gasteiger partial charge is 0.481 e. The summed E-state index contributed by atoms with van der Waals surface area (Å²) in [5, 5.41) is 8.73. The molecule has 6 heteroatoms. The van der Waals surface area contributed by atoms with Gasteiger partial charge < -0.3 is 5.11 Å². The van der Waals surface area contributed by atoms with Gasteiger partial charge in [-0.3, -0.25) is 9.10 Å². The summed E-state index contributed by atoms with van der Waals surface area (Å²) in [7, 11) is -3.43. The molecule has 0 unspecified atom stereocenters. The smallest absolute Gasteiger partial charge is 0.303 e. The third-order valence-corrected chi connectivity index (χ3v) is 5.10. The van der Waals surface area contributed by atoms with Crippen LogP contribution in [0.4, 0.5) is 5.69 Å². The maximum atomic E-state index is 12.3. The number of anilines is 1. The van der Waals surface area contributed by atoms with E-state index in [4.69, 9.17) is 5.11 Å². The van der Waals surface area contributed by atoms with E-state index in [0.717, 1.165) is 16.7 Å². The van der Waals surface area contributed by atoms with Crippen molar-refractivity contribution in [3.8, 4) is 0 Å². The van der Waals surface area contributed by atoms with E-state index in [-0.39, 0.29) is 18.7 Å². The summed E-state index contributed by atoms with van der Waals surface area (Å²) < 4.78 is 26.0. The third kappa shape index (κ3) is 4.46. The van der Waals surface area contributed by atoms with Crippen LogP contribution in [0.25, 0.3) is 0 Å². The Bertz CT molecular complexity index is 600. The molecule has 0 aliphatic rings. The van der Waals surface area contributed by atoms with Crippen molar-refractivity contribution in [2.24, 2.45) is 0 Å². The molecule has 0 bridgehead atoms. The molecule has 5 nitrogen and oxygen atoms in total. The van der Waals surface area contributed by atoms with Crippen LogP contribution >= 0.6 is 0 Å². The SMILES string of the molecule is CCS(=O)(=O)N(CCCC(=O)O)c1c(C)cc(C)cc1C. The van der Waals surface area contributed by atoms with Crippen LogP contribution in [0.15, 0.2) is 12.1 Å². The van der Waals surface area contributed by atoms with Gasteiger partial charge in [0.15, 0.2) is 0 Å². The zero-order chi connectivity index (χ0) is 16.2. The van der Waals surface area contributed by atoms with E-state index in [1.54, 1.807) is 6.92 Å². The Hall–Kier alpha value is -1.56. The van der Waals surface area contributed by atoms with Gasteiger partial charge in [0.1, 0.15) is 0 Å². The molecule has 0 amide bonds. The number of carbonyl (C=O) groups is 1. The fraction of sp³-hybridized carbons (Fsp3) is 0.533. The van der Waals surface area contributed by atoms with Gasteiger partial charge >= 0.3 is 5.97 Å². The standard InChI is InChI=1S/C15H23NO4S/c1-5-21(19,20)16(8-6-7-14(17)18)15-12(3)9-11(2)10-13(15)4/h9-10H,5-8H2,1-4H3,(H,17,18). The first-order valence-corrected chi connectivity index (χ1v) is 8.60. The first-order valence-electron chi connectivity index (χ1n) is 6.99. The van der Waals surface area contributed by atoms with Gasteiger partial charge in [0, 0.05) is 13.0 Å². The van der Waals surface area contributed by atoms with E-state index in [2.05, 4.69) is 0 Å². The van der Waals surface area contributed by atoms with E-state index < -0.39 is 16.0 Å². The van der Waals surface area contributed by atoms with Crippen LogP contribution in [0.2, 0.25) is 0 Å². The summed E-state index contributed by atoms with van der Waals surface area (Å²) in [6.07, 6.45) is 0.251. The molecule has 0 spiro atoms. The second-order valence-electron chi connectivity index (χ2n) is 5.22. The third-order valence-electron chi connectivity index (χ3n) is 3.34. The zero-order valence-corrected chi connectivity index (χ0v) is 13.8. The topological polar surface area (TPSA) is 74.7 Å². The molecule has 0 saturated heterocycles. The molecule has 1 aromatic carbocycles. The van der Waals surface area contributed by atoms with Gasteiger partial charge in [-0.25, -0.2) is 8.42 Å². The van der Waals surface area contributed by atoms with Gasteiger partial charge in [-0.1, -0.05) is 17.7 Å². The Morgan fingerprint density at radius 1 is 1.19 bits per heavy atom. The van der Waals surface area contributed by atoms with Crippen molar-refractivity contribution < 1.29 is 18.3 Å². The summed E-state index contributed by atoms with van der Waals surface area (Å²) in [5.41, 5.74) is 3.53. The predicted octanol–water partition coefficient (Wildman–Crippen LogP) is 2.63. The summed E-state index contributed by atoms with van der Waals surface area (Å²) in [5.74, 6) is -0.923. The Morgan fingerprint density at radius 2 is 1.71 bits per heavy atom. The maximum absolute atomic E-state index is 12.3. The van der Waals surface area contributed by atoms with Crippen molar-refractivity contribution in [2.45, 2.75) is 40.5 Å². The number of hydrogen-bond acceptors (Lipinski definition) is 3. The first-order chi connectivity index (χ1) is 9.69. The monoisotopic (exact) mass is 313 g/mol. The highest BCUT2D eigenvalue weighted by atomic mass is 32.2. The number of sulfonamides is 1. The highest BCUT2D eigenvalue weighted by molar-refractivity contribution is 7.92. The van der Waals surface area contributed by atoms with Crippen LogP contribution in [0, 0.1) is 20.8 Å². The van der Waals surface area contributed by atoms with Gasteiger partial charge in [-0.05, 0) is 45.2 Å². The Labute approximate surface area is 126 Å². The second kappa shape index (κ2) is 6.93. The normalized spacial score (nSPS) is 11.4. The van der Waals surface area contributed by atoms with Gasteiger partial charge in [0.2, 0.25) is 10.0 Å². The molecule has 1 aromatic rings. The lowest BCUT2D eigenvalue weighted by molar-refractivity contribution is -0.137. The van der Waals surface area contributed by atoms with Crippen LogP contribution in [-0.2, 0) is 14.8 Å². The summed E-state index contributed by atoms with van der Waals surface area (Å²) in [6, 6.07) is 3.88. The molecule has 0 fully saturated rings. The Kier molecular flexibility index (Phi) is 5.78. The second-order valence-corrected chi connectivity index (χ2v) is 7.40. The molecular formula is C15H23NO4S. The molecular weight excluding hydrogens is 290 g/mol. The quantitative estimate of drug-likeness (QED) is 0.839. The van der Waals surface area contributed by atoms with Crippen molar-refractivity contribution in [2.75, 3.05) is 16.6 Å². The van der Waals surface area contributed by atoms with Crippen LogP contribution in [0.5, 0.6) is 0 Å². The van der Waals surface area contributed by atoms with Crippen LogP contribution in [0.3, 0.4) is 0 Å². The molecule has 0 aliphatic carbocycles.